The summed E-state index contributed by atoms with van der Waals surface area (Å²) in [5.74, 6) is 0.590. The molecule has 1 aromatic carbocycles. The Kier molecular flexibility index (Phi) is 4.49. The molecule has 0 atom stereocenters. The van der Waals surface area contributed by atoms with Crippen molar-refractivity contribution >= 4 is 17.3 Å². The average Bonchev–Trinajstić information content (AvgIpc) is 2.43. The zero-order valence-corrected chi connectivity index (χ0v) is 11.1. The van der Waals surface area contributed by atoms with Gasteiger partial charge < -0.3 is 9.84 Å². The lowest BCUT2D eigenvalue weighted by Crippen LogP contribution is -1.97. The Bertz CT molecular complexity index is 634. The number of aromatic nitrogens is 1. The van der Waals surface area contributed by atoms with Crippen molar-refractivity contribution in [1.82, 2.24) is 4.98 Å². The number of para-hydroxylation sites is 1. The summed E-state index contributed by atoms with van der Waals surface area (Å²) in [6.07, 6.45) is 1.51. The smallest absolute Gasteiger partial charge is 0.289 e. The van der Waals surface area contributed by atoms with Crippen molar-refractivity contribution in [1.29, 1.82) is 0 Å². The van der Waals surface area contributed by atoms with Crippen LogP contribution in [-0.4, -0.2) is 21.6 Å². The minimum atomic E-state index is -0.581. The standard InChI is InChI=1S/C13H11ClN2O4/c14-11-7-10(16(18)19)8-15-13(11)20-12-4-2-1-3-9(12)5-6-17/h1-4,7-8,17H,5-6H2. The molecule has 2 aromatic rings. The minimum absolute atomic E-state index is 0.0121. The summed E-state index contributed by atoms with van der Waals surface area (Å²) < 4.78 is 5.55. The molecular weight excluding hydrogens is 284 g/mol. The zero-order valence-electron chi connectivity index (χ0n) is 10.3. The van der Waals surface area contributed by atoms with Crippen LogP contribution in [0.1, 0.15) is 5.56 Å². The van der Waals surface area contributed by atoms with Crippen LogP contribution in [0.2, 0.25) is 5.02 Å². The molecule has 0 spiro atoms. The van der Waals surface area contributed by atoms with Gasteiger partial charge in [0, 0.05) is 12.7 Å². The summed E-state index contributed by atoms with van der Waals surface area (Å²) >= 11 is 5.91. The van der Waals surface area contributed by atoms with E-state index in [2.05, 4.69) is 4.98 Å². The minimum Gasteiger partial charge on any atom is -0.437 e. The molecule has 0 saturated heterocycles. The summed E-state index contributed by atoms with van der Waals surface area (Å²) in [5, 5.41) is 19.6. The molecule has 7 heteroatoms. The normalized spacial score (nSPS) is 10.3. The monoisotopic (exact) mass is 294 g/mol. The molecule has 0 amide bonds. The largest absolute Gasteiger partial charge is 0.437 e. The lowest BCUT2D eigenvalue weighted by molar-refractivity contribution is -0.385. The highest BCUT2D eigenvalue weighted by molar-refractivity contribution is 6.32. The van der Waals surface area contributed by atoms with Crippen LogP contribution in [0.3, 0.4) is 0 Å². The quantitative estimate of drug-likeness (QED) is 0.677. The first-order valence-electron chi connectivity index (χ1n) is 5.78. The van der Waals surface area contributed by atoms with E-state index in [-0.39, 0.29) is 23.2 Å². The number of nitro groups is 1. The number of nitrogens with zero attached hydrogens (tertiary/aromatic N) is 2. The van der Waals surface area contributed by atoms with Gasteiger partial charge in [-0.05, 0) is 18.1 Å². The van der Waals surface area contributed by atoms with E-state index in [1.807, 2.05) is 12.1 Å². The van der Waals surface area contributed by atoms with Crippen molar-refractivity contribution in [2.24, 2.45) is 0 Å². The van der Waals surface area contributed by atoms with E-state index in [0.717, 1.165) is 11.8 Å². The maximum atomic E-state index is 10.6. The van der Waals surface area contributed by atoms with Crippen LogP contribution in [0.4, 0.5) is 5.69 Å². The van der Waals surface area contributed by atoms with Crippen molar-refractivity contribution in [2.75, 3.05) is 6.61 Å². The van der Waals surface area contributed by atoms with Crippen LogP contribution in [-0.2, 0) is 6.42 Å². The van der Waals surface area contributed by atoms with Crippen molar-refractivity contribution in [2.45, 2.75) is 6.42 Å². The Morgan fingerprint density at radius 2 is 2.15 bits per heavy atom. The molecular formula is C13H11ClN2O4. The number of benzene rings is 1. The molecule has 6 nitrogen and oxygen atoms in total. The van der Waals surface area contributed by atoms with Gasteiger partial charge in [0.2, 0.25) is 5.88 Å². The fourth-order valence-corrected chi connectivity index (χ4v) is 1.82. The molecule has 0 aliphatic carbocycles. The third-order valence-electron chi connectivity index (χ3n) is 2.56. The molecule has 0 aliphatic heterocycles. The molecule has 0 radical (unpaired) electrons. The summed E-state index contributed by atoms with van der Waals surface area (Å²) in [7, 11) is 0. The lowest BCUT2D eigenvalue weighted by Gasteiger charge is -2.10. The van der Waals surface area contributed by atoms with Gasteiger partial charge in [0.15, 0.2) is 0 Å². The molecule has 0 unspecified atom stereocenters. The number of pyridine rings is 1. The maximum Gasteiger partial charge on any atom is 0.289 e. The van der Waals surface area contributed by atoms with Gasteiger partial charge in [-0.1, -0.05) is 29.8 Å². The third-order valence-corrected chi connectivity index (χ3v) is 2.83. The molecule has 1 aromatic heterocycles. The van der Waals surface area contributed by atoms with Crippen LogP contribution in [0.5, 0.6) is 11.6 Å². The number of ether oxygens (including phenoxy) is 1. The zero-order chi connectivity index (χ0) is 14.5. The molecule has 0 aliphatic rings. The molecule has 1 heterocycles. The van der Waals surface area contributed by atoms with E-state index >= 15 is 0 Å². The van der Waals surface area contributed by atoms with Crippen molar-refractivity contribution in [3.8, 4) is 11.6 Å². The van der Waals surface area contributed by atoms with Crippen molar-refractivity contribution in [3.63, 3.8) is 0 Å². The van der Waals surface area contributed by atoms with Crippen LogP contribution >= 0.6 is 11.6 Å². The average molecular weight is 295 g/mol. The first-order chi connectivity index (χ1) is 9.61. The first kappa shape index (κ1) is 14.2. The Morgan fingerprint density at radius 1 is 1.40 bits per heavy atom. The van der Waals surface area contributed by atoms with Crippen molar-refractivity contribution < 1.29 is 14.8 Å². The molecule has 0 fully saturated rings. The van der Waals surface area contributed by atoms with E-state index in [1.165, 1.54) is 6.07 Å². The van der Waals surface area contributed by atoms with Gasteiger partial charge in [-0.3, -0.25) is 10.1 Å². The molecule has 20 heavy (non-hydrogen) atoms. The van der Waals surface area contributed by atoms with E-state index in [9.17, 15) is 10.1 Å². The van der Waals surface area contributed by atoms with Gasteiger partial charge in [0.1, 0.15) is 17.0 Å². The van der Waals surface area contributed by atoms with Crippen LogP contribution in [0, 0.1) is 10.1 Å². The second-order valence-corrected chi connectivity index (χ2v) is 4.33. The molecule has 1 N–H and O–H groups in total. The van der Waals surface area contributed by atoms with Gasteiger partial charge >= 0.3 is 0 Å². The number of aliphatic hydroxyl groups excluding tert-OH is 1. The van der Waals surface area contributed by atoms with Crippen LogP contribution < -0.4 is 4.74 Å². The molecule has 2 rings (SSSR count). The molecule has 0 saturated carbocycles. The topological polar surface area (TPSA) is 85.5 Å². The number of hydrogen-bond donors (Lipinski definition) is 1. The predicted octanol–water partition coefficient (Wildman–Crippen LogP) is 2.97. The number of aliphatic hydroxyl groups is 1. The molecule has 104 valence electrons. The van der Waals surface area contributed by atoms with Crippen LogP contribution in [0.15, 0.2) is 36.5 Å². The van der Waals surface area contributed by atoms with Gasteiger partial charge in [-0.2, -0.15) is 0 Å². The van der Waals surface area contributed by atoms with E-state index in [4.69, 9.17) is 21.4 Å². The summed E-state index contributed by atoms with van der Waals surface area (Å²) in [6.45, 7) is -0.0121. The van der Waals surface area contributed by atoms with Gasteiger partial charge in [0.25, 0.3) is 5.69 Å². The summed E-state index contributed by atoms with van der Waals surface area (Å²) in [4.78, 5) is 13.9. The highest BCUT2D eigenvalue weighted by Crippen LogP contribution is 2.31. The van der Waals surface area contributed by atoms with Crippen molar-refractivity contribution in [3.05, 3.63) is 57.2 Å². The van der Waals surface area contributed by atoms with Gasteiger partial charge in [-0.25, -0.2) is 4.98 Å². The Morgan fingerprint density at radius 3 is 2.80 bits per heavy atom. The second-order valence-electron chi connectivity index (χ2n) is 3.92. The highest BCUT2D eigenvalue weighted by atomic mass is 35.5. The maximum absolute atomic E-state index is 10.6. The second kappa shape index (κ2) is 6.31. The highest BCUT2D eigenvalue weighted by Gasteiger charge is 2.13. The number of rotatable bonds is 5. The van der Waals surface area contributed by atoms with Gasteiger partial charge in [-0.15, -0.1) is 0 Å². The number of hydrogen-bond acceptors (Lipinski definition) is 5. The fraction of sp³-hybridized carbons (Fsp3) is 0.154. The number of halogens is 1. The van der Waals surface area contributed by atoms with E-state index < -0.39 is 4.92 Å². The molecule has 0 bridgehead atoms. The predicted molar refractivity (Wildman–Crippen MR) is 73.2 cm³/mol. The Hall–Kier alpha value is -2.18. The van der Waals surface area contributed by atoms with E-state index in [1.54, 1.807) is 12.1 Å². The summed E-state index contributed by atoms with van der Waals surface area (Å²) in [5.41, 5.74) is 0.595. The van der Waals surface area contributed by atoms with E-state index in [0.29, 0.717) is 12.2 Å². The fourth-order valence-electron chi connectivity index (χ4n) is 1.62. The van der Waals surface area contributed by atoms with Crippen LogP contribution in [0.25, 0.3) is 0 Å². The third kappa shape index (κ3) is 3.23. The Balaban J connectivity index is 2.28. The SMILES string of the molecule is O=[N+]([O-])c1cnc(Oc2ccccc2CCO)c(Cl)c1. The van der Waals surface area contributed by atoms with Gasteiger partial charge in [0.05, 0.1) is 4.92 Å². The first-order valence-corrected chi connectivity index (χ1v) is 6.16. The lowest BCUT2D eigenvalue weighted by atomic mass is 10.1. The Labute approximate surface area is 119 Å². The summed E-state index contributed by atoms with van der Waals surface area (Å²) in [6, 6.07) is 8.30.